The number of nitrogens with two attached hydrogens (primary N) is 1. The zero-order chi connectivity index (χ0) is 14.4. The first kappa shape index (κ1) is 14.5. The molecule has 0 saturated heterocycles. The monoisotopic (exact) mass is 290 g/mol. The summed E-state index contributed by atoms with van der Waals surface area (Å²) < 4.78 is 0. The van der Waals surface area contributed by atoms with E-state index in [0.717, 1.165) is 25.2 Å². The van der Waals surface area contributed by atoms with Crippen molar-refractivity contribution in [3.63, 3.8) is 0 Å². The highest BCUT2D eigenvalue weighted by Gasteiger charge is 2.08. The van der Waals surface area contributed by atoms with E-state index in [9.17, 15) is 0 Å². The average molecular weight is 290 g/mol. The molecule has 0 aromatic carbocycles. The lowest BCUT2D eigenvalue weighted by molar-refractivity contribution is 0.274. The summed E-state index contributed by atoms with van der Waals surface area (Å²) >= 11 is 1.76. The SMILES string of the molecule is CCN(Cc1ccnc(C(N)=NO)c1)Cc1cccs1. The lowest BCUT2D eigenvalue weighted by Crippen LogP contribution is -2.22. The predicted molar refractivity (Wildman–Crippen MR) is 80.9 cm³/mol. The van der Waals surface area contributed by atoms with Crippen LogP contribution in [0.5, 0.6) is 0 Å². The highest BCUT2D eigenvalue weighted by molar-refractivity contribution is 7.09. The Labute approximate surface area is 122 Å². The lowest BCUT2D eigenvalue weighted by Gasteiger charge is -2.19. The molecular formula is C14H18N4OS. The van der Waals surface area contributed by atoms with Crippen molar-refractivity contribution in [3.8, 4) is 0 Å². The number of hydrogen-bond donors (Lipinski definition) is 2. The van der Waals surface area contributed by atoms with E-state index in [-0.39, 0.29) is 5.84 Å². The molecule has 3 N–H and O–H groups in total. The number of oxime groups is 1. The number of nitrogens with zero attached hydrogens (tertiary/aromatic N) is 3. The molecule has 2 rings (SSSR count). The third-order valence-electron chi connectivity index (χ3n) is 3.01. The smallest absolute Gasteiger partial charge is 0.188 e. The molecule has 5 nitrogen and oxygen atoms in total. The van der Waals surface area contributed by atoms with Gasteiger partial charge in [0.2, 0.25) is 0 Å². The van der Waals surface area contributed by atoms with Crippen molar-refractivity contribution >= 4 is 17.2 Å². The van der Waals surface area contributed by atoms with Gasteiger partial charge in [0.15, 0.2) is 5.84 Å². The molecule has 2 heterocycles. The summed E-state index contributed by atoms with van der Waals surface area (Å²) in [6.45, 7) is 4.83. The van der Waals surface area contributed by atoms with Gasteiger partial charge >= 0.3 is 0 Å². The van der Waals surface area contributed by atoms with Gasteiger partial charge in [-0.15, -0.1) is 11.3 Å². The highest BCUT2D eigenvalue weighted by Crippen LogP contribution is 2.14. The number of rotatable bonds is 6. The molecule has 0 radical (unpaired) electrons. The van der Waals surface area contributed by atoms with Crippen molar-refractivity contribution in [2.45, 2.75) is 20.0 Å². The second-order valence-electron chi connectivity index (χ2n) is 4.42. The molecule has 0 spiro atoms. The van der Waals surface area contributed by atoms with Gasteiger partial charge < -0.3 is 10.9 Å². The molecule has 20 heavy (non-hydrogen) atoms. The zero-order valence-corrected chi connectivity index (χ0v) is 12.2. The first-order chi connectivity index (χ1) is 9.72. The van der Waals surface area contributed by atoms with E-state index in [2.05, 4.69) is 39.5 Å². The summed E-state index contributed by atoms with van der Waals surface area (Å²) in [5.74, 6) is 0.0353. The number of amidine groups is 1. The molecule has 0 saturated carbocycles. The van der Waals surface area contributed by atoms with E-state index in [4.69, 9.17) is 10.9 Å². The molecule has 6 heteroatoms. The van der Waals surface area contributed by atoms with Crippen LogP contribution < -0.4 is 5.73 Å². The number of hydrogen-bond acceptors (Lipinski definition) is 5. The Morgan fingerprint density at radius 1 is 1.45 bits per heavy atom. The molecule has 0 aliphatic heterocycles. The maximum Gasteiger partial charge on any atom is 0.188 e. The van der Waals surface area contributed by atoms with Gasteiger partial charge in [0.25, 0.3) is 0 Å². The van der Waals surface area contributed by atoms with Crippen LogP contribution in [0.15, 0.2) is 41.0 Å². The van der Waals surface area contributed by atoms with E-state index in [1.54, 1.807) is 17.5 Å². The summed E-state index contributed by atoms with van der Waals surface area (Å²) in [5, 5.41) is 13.8. The minimum absolute atomic E-state index is 0.0353. The molecule has 0 unspecified atom stereocenters. The summed E-state index contributed by atoms with van der Waals surface area (Å²) in [6.07, 6.45) is 1.68. The van der Waals surface area contributed by atoms with Gasteiger partial charge in [-0.05, 0) is 35.7 Å². The number of thiophene rings is 1. The fraction of sp³-hybridized carbons (Fsp3) is 0.286. The van der Waals surface area contributed by atoms with Gasteiger partial charge in [0.1, 0.15) is 5.69 Å². The molecule has 106 valence electrons. The fourth-order valence-electron chi connectivity index (χ4n) is 1.92. The average Bonchev–Trinajstić information content (AvgIpc) is 2.99. The molecule has 0 fully saturated rings. The van der Waals surface area contributed by atoms with Gasteiger partial charge in [0, 0.05) is 24.2 Å². The van der Waals surface area contributed by atoms with E-state index >= 15 is 0 Å². The van der Waals surface area contributed by atoms with Crippen LogP contribution in [0.1, 0.15) is 23.1 Å². The van der Waals surface area contributed by atoms with Crippen LogP contribution >= 0.6 is 11.3 Å². The Balaban J connectivity index is 2.07. The Morgan fingerprint density at radius 2 is 2.30 bits per heavy atom. The van der Waals surface area contributed by atoms with Crippen molar-refractivity contribution in [3.05, 3.63) is 52.0 Å². The van der Waals surface area contributed by atoms with E-state index in [1.165, 1.54) is 4.88 Å². The minimum Gasteiger partial charge on any atom is -0.409 e. The van der Waals surface area contributed by atoms with Crippen LogP contribution in [-0.4, -0.2) is 27.5 Å². The van der Waals surface area contributed by atoms with E-state index in [0.29, 0.717) is 5.69 Å². The summed E-state index contributed by atoms with van der Waals surface area (Å²) in [4.78, 5) is 7.76. The van der Waals surface area contributed by atoms with Crippen molar-refractivity contribution in [1.82, 2.24) is 9.88 Å². The largest absolute Gasteiger partial charge is 0.409 e. The fourth-order valence-corrected chi connectivity index (χ4v) is 2.67. The van der Waals surface area contributed by atoms with E-state index < -0.39 is 0 Å². The van der Waals surface area contributed by atoms with Crippen LogP contribution in [0.25, 0.3) is 0 Å². The topological polar surface area (TPSA) is 74.7 Å². The Morgan fingerprint density at radius 3 is 2.95 bits per heavy atom. The Hall–Kier alpha value is -1.92. The molecular weight excluding hydrogens is 272 g/mol. The van der Waals surface area contributed by atoms with Crippen molar-refractivity contribution in [2.24, 2.45) is 10.9 Å². The molecule has 0 atom stereocenters. The van der Waals surface area contributed by atoms with Gasteiger partial charge in [0.05, 0.1) is 0 Å². The van der Waals surface area contributed by atoms with Crippen molar-refractivity contribution in [2.75, 3.05) is 6.54 Å². The van der Waals surface area contributed by atoms with Crippen LogP contribution in [0.2, 0.25) is 0 Å². The molecule has 0 aliphatic carbocycles. The molecule has 0 aliphatic rings. The molecule has 0 amide bonds. The number of aromatic nitrogens is 1. The lowest BCUT2D eigenvalue weighted by atomic mass is 10.2. The normalized spacial score (nSPS) is 12.0. The third-order valence-corrected chi connectivity index (χ3v) is 3.87. The van der Waals surface area contributed by atoms with Gasteiger partial charge in [-0.1, -0.05) is 18.1 Å². The first-order valence-electron chi connectivity index (χ1n) is 6.40. The molecule has 0 bridgehead atoms. The van der Waals surface area contributed by atoms with Crippen LogP contribution in [0.3, 0.4) is 0 Å². The van der Waals surface area contributed by atoms with Gasteiger partial charge in [-0.25, -0.2) is 0 Å². The van der Waals surface area contributed by atoms with Crippen molar-refractivity contribution < 1.29 is 5.21 Å². The van der Waals surface area contributed by atoms with Crippen LogP contribution in [-0.2, 0) is 13.1 Å². The summed E-state index contributed by atoms with van der Waals surface area (Å²) in [5.41, 5.74) is 7.16. The molecule has 2 aromatic rings. The zero-order valence-electron chi connectivity index (χ0n) is 11.4. The Bertz CT molecular complexity index is 568. The van der Waals surface area contributed by atoms with E-state index in [1.807, 2.05) is 12.1 Å². The van der Waals surface area contributed by atoms with Crippen LogP contribution in [0.4, 0.5) is 0 Å². The van der Waals surface area contributed by atoms with Gasteiger partial charge in [-0.2, -0.15) is 0 Å². The summed E-state index contributed by atoms with van der Waals surface area (Å²) in [6, 6.07) is 8.01. The predicted octanol–water partition coefficient (Wildman–Crippen LogP) is 2.26. The highest BCUT2D eigenvalue weighted by atomic mass is 32.1. The maximum absolute atomic E-state index is 8.69. The first-order valence-corrected chi connectivity index (χ1v) is 7.28. The summed E-state index contributed by atoms with van der Waals surface area (Å²) in [7, 11) is 0. The van der Waals surface area contributed by atoms with Crippen molar-refractivity contribution in [1.29, 1.82) is 0 Å². The molecule has 2 aromatic heterocycles. The third kappa shape index (κ3) is 3.79. The van der Waals surface area contributed by atoms with Gasteiger partial charge in [-0.3, -0.25) is 9.88 Å². The number of pyridine rings is 1. The Kier molecular flexibility index (Phi) is 5.09. The standard InChI is InChI=1S/C14H18N4OS/c1-2-18(10-12-4-3-7-20-12)9-11-5-6-16-13(8-11)14(15)17-19/h3-8,19H,2,9-10H2,1H3,(H2,15,17). The quantitative estimate of drug-likeness (QED) is 0.370. The second kappa shape index (κ2) is 7.02. The second-order valence-corrected chi connectivity index (χ2v) is 5.45. The van der Waals surface area contributed by atoms with Crippen LogP contribution in [0, 0.1) is 0 Å². The minimum atomic E-state index is 0.0353. The maximum atomic E-state index is 8.69.